The van der Waals surface area contributed by atoms with Crippen LogP contribution in [0, 0.1) is 0 Å². The number of benzene rings is 1. The van der Waals surface area contributed by atoms with Crippen molar-refractivity contribution < 1.29 is 4.79 Å². The van der Waals surface area contributed by atoms with Gasteiger partial charge >= 0.3 is 0 Å². The topological polar surface area (TPSA) is 17.1 Å². The summed E-state index contributed by atoms with van der Waals surface area (Å²) in [5.41, 5.74) is 5.62. The van der Waals surface area contributed by atoms with Gasteiger partial charge in [0.15, 0.2) is 15.5 Å². The molecule has 0 bridgehead atoms. The molecule has 5 rings (SSSR count). The van der Waals surface area contributed by atoms with Crippen molar-refractivity contribution in [3.8, 4) is 22.3 Å². The average molecular weight is 406 g/mol. The molecule has 1 aromatic carbocycles. The third kappa shape index (κ3) is 3.74. The zero-order chi connectivity index (χ0) is 20.3. The Labute approximate surface area is 180 Å². The van der Waals surface area contributed by atoms with E-state index in [1.54, 1.807) is 0 Å². The van der Waals surface area contributed by atoms with E-state index in [1.807, 2.05) is 42.5 Å². The van der Waals surface area contributed by atoms with E-state index in [0.717, 1.165) is 5.56 Å². The van der Waals surface area contributed by atoms with Crippen molar-refractivity contribution >= 4 is 16.7 Å². The van der Waals surface area contributed by atoms with E-state index in [9.17, 15) is 4.79 Å². The lowest BCUT2D eigenvalue weighted by atomic mass is 10.2. The van der Waals surface area contributed by atoms with Crippen LogP contribution in [-0.4, -0.2) is 11.5 Å². The first-order chi connectivity index (χ1) is 14.8. The zero-order valence-corrected chi connectivity index (χ0v) is 17.3. The fourth-order valence-electron chi connectivity index (χ4n) is 3.80. The Morgan fingerprint density at radius 3 is 1.30 bits per heavy atom. The second kappa shape index (κ2) is 8.17. The number of fused-ring (bicyclic) bond motifs is 2. The monoisotopic (exact) mass is 405 g/mol. The van der Waals surface area contributed by atoms with Crippen LogP contribution >= 0.6 is 0 Å². The van der Waals surface area contributed by atoms with Gasteiger partial charge in [0, 0.05) is 29.8 Å². The number of carbonyl (C=O) groups excluding carboxylic acids is 1. The van der Waals surface area contributed by atoms with Gasteiger partial charge in [-0.15, -0.1) is 0 Å². The summed E-state index contributed by atoms with van der Waals surface area (Å²) < 4.78 is 0. The first kappa shape index (κ1) is 18.7. The summed E-state index contributed by atoms with van der Waals surface area (Å²) in [7, 11) is -0.328. The molecule has 0 N–H and O–H groups in total. The smallest absolute Gasteiger partial charge is 0.212 e. The number of rotatable bonds is 5. The molecular weight excluding hydrogens is 384 g/mol. The van der Waals surface area contributed by atoms with Gasteiger partial charge in [0.1, 0.15) is 0 Å². The van der Waals surface area contributed by atoms with Crippen LogP contribution in [0.1, 0.15) is 10.4 Å². The van der Waals surface area contributed by atoms with Gasteiger partial charge < -0.3 is 0 Å². The van der Waals surface area contributed by atoms with Crippen molar-refractivity contribution in [2.75, 3.05) is 5.75 Å². The third-order valence-corrected chi connectivity index (χ3v) is 7.51. The zero-order valence-electron chi connectivity index (χ0n) is 16.5. The Hall–Kier alpha value is -3.36. The van der Waals surface area contributed by atoms with Crippen LogP contribution in [0.5, 0.6) is 0 Å². The van der Waals surface area contributed by atoms with Gasteiger partial charge in [0.2, 0.25) is 5.78 Å². The van der Waals surface area contributed by atoms with Gasteiger partial charge in [0.05, 0.1) is 10.9 Å². The van der Waals surface area contributed by atoms with E-state index < -0.39 is 0 Å². The summed E-state index contributed by atoms with van der Waals surface area (Å²) in [6.07, 6.45) is 0. The summed E-state index contributed by atoms with van der Waals surface area (Å²) >= 11 is 0. The summed E-state index contributed by atoms with van der Waals surface area (Å²) in [4.78, 5) is 15.6. The molecular formula is C28H21OS+. The number of hydrogen-bond donors (Lipinski definition) is 0. The van der Waals surface area contributed by atoms with E-state index in [-0.39, 0.29) is 16.7 Å². The Bertz CT molecular complexity index is 1110. The molecule has 0 saturated heterocycles. The number of hydrogen-bond acceptors (Lipinski definition) is 1. The highest BCUT2D eigenvalue weighted by Gasteiger charge is 2.32. The Morgan fingerprint density at radius 2 is 0.900 bits per heavy atom. The van der Waals surface area contributed by atoms with Crippen LogP contribution < -0.4 is 0 Å². The molecule has 2 heteroatoms. The predicted octanol–water partition coefficient (Wildman–Crippen LogP) is 6.82. The standard InChI is InChI=1S/C28H21OS/c29-28(21-10-4-1-5-11-21)20-30(26-16-22-12-6-2-7-13-23(22)17-26)27-18-24-14-8-3-9-15-25(24)19-27/h1-19H,20H2/q+1. The maximum absolute atomic E-state index is 13.1. The van der Waals surface area contributed by atoms with E-state index in [2.05, 4.69) is 72.8 Å². The molecule has 0 aliphatic heterocycles. The lowest BCUT2D eigenvalue weighted by Crippen LogP contribution is -2.16. The van der Waals surface area contributed by atoms with Crippen molar-refractivity contribution in [3.63, 3.8) is 0 Å². The van der Waals surface area contributed by atoms with Gasteiger partial charge in [-0.25, -0.2) is 0 Å². The van der Waals surface area contributed by atoms with E-state index in [4.69, 9.17) is 0 Å². The minimum absolute atomic E-state index is 0.186. The molecule has 4 aliphatic carbocycles. The van der Waals surface area contributed by atoms with Gasteiger partial charge in [-0.2, -0.15) is 0 Å². The predicted molar refractivity (Wildman–Crippen MR) is 126 cm³/mol. The molecule has 0 atom stereocenters. The van der Waals surface area contributed by atoms with Crippen molar-refractivity contribution in [2.24, 2.45) is 0 Å². The van der Waals surface area contributed by atoms with E-state index >= 15 is 0 Å². The molecule has 0 spiro atoms. The molecule has 4 aliphatic rings. The fraction of sp³-hybridized carbons (Fsp3) is 0.0357. The van der Waals surface area contributed by atoms with E-state index in [1.165, 1.54) is 32.0 Å². The molecule has 1 nitrogen and oxygen atoms in total. The molecule has 30 heavy (non-hydrogen) atoms. The Balaban J connectivity index is 1.60. The van der Waals surface area contributed by atoms with Crippen LogP contribution in [0.3, 0.4) is 0 Å². The SMILES string of the molecule is O=C(C[S+](c1cc2cccccc-2c1)c1cc2cccccc-2c1)c1ccccc1. The van der Waals surface area contributed by atoms with Crippen LogP contribution in [0.2, 0.25) is 0 Å². The minimum Gasteiger partial charge on any atom is -0.289 e. The summed E-state index contributed by atoms with van der Waals surface area (Å²) in [6, 6.07) is 39.5. The number of carbonyl (C=O) groups is 1. The fourth-order valence-corrected chi connectivity index (χ4v) is 5.91. The summed E-state index contributed by atoms with van der Waals surface area (Å²) in [5, 5.41) is 0. The molecule has 0 amide bonds. The molecule has 0 fully saturated rings. The highest BCUT2D eigenvalue weighted by molar-refractivity contribution is 7.97. The number of ketones is 1. The van der Waals surface area contributed by atoms with Crippen LogP contribution in [-0.2, 0) is 10.9 Å². The van der Waals surface area contributed by atoms with Gasteiger partial charge in [-0.3, -0.25) is 4.79 Å². The van der Waals surface area contributed by atoms with Crippen LogP contribution in [0.25, 0.3) is 22.3 Å². The highest BCUT2D eigenvalue weighted by atomic mass is 32.2. The molecule has 0 saturated carbocycles. The quantitative estimate of drug-likeness (QED) is 0.232. The Morgan fingerprint density at radius 1 is 0.533 bits per heavy atom. The van der Waals surface area contributed by atoms with Gasteiger partial charge in [-0.05, 0) is 22.3 Å². The van der Waals surface area contributed by atoms with Crippen LogP contribution in [0.4, 0.5) is 0 Å². The second-order valence-electron chi connectivity index (χ2n) is 7.35. The van der Waals surface area contributed by atoms with Gasteiger partial charge in [-0.1, -0.05) is 91.0 Å². The second-order valence-corrected chi connectivity index (χ2v) is 9.36. The first-order valence-electron chi connectivity index (χ1n) is 10.0. The third-order valence-electron chi connectivity index (χ3n) is 5.35. The van der Waals surface area contributed by atoms with Crippen molar-refractivity contribution in [2.45, 2.75) is 9.79 Å². The normalized spacial score (nSPS) is 11.2. The average Bonchev–Trinajstić information content (AvgIpc) is 3.20. The highest BCUT2D eigenvalue weighted by Crippen LogP contribution is 2.37. The van der Waals surface area contributed by atoms with Crippen molar-refractivity contribution in [3.05, 3.63) is 121 Å². The summed E-state index contributed by atoms with van der Waals surface area (Å²) in [5.74, 6) is 0.667. The van der Waals surface area contributed by atoms with Crippen molar-refractivity contribution in [1.29, 1.82) is 0 Å². The molecule has 0 radical (unpaired) electrons. The molecule has 1 aromatic rings. The molecule has 0 unspecified atom stereocenters. The molecule has 144 valence electrons. The molecule has 0 aromatic heterocycles. The Kier molecular flexibility index (Phi) is 5.08. The summed E-state index contributed by atoms with van der Waals surface area (Å²) in [6.45, 7) is 0. The lowest BCUT2D eigenvalue weighted by Gasteiger charge is -2.04. The maximum Gasteiger partial charge on any atom is 0.212 e. The van der Waals surface area contributed by atoms with Gasteiger partial charge in [0.25, 0.3) is 0 Å². The lowest BCUT2D eigenvalue weighted by molar-refractivity contribution is 0.102. The largest absolute Gasteiger partial charge is 0.289 e. The van der Waals surface area contributed by atoms with E-state index in [0.29, 0.717) is 5.75 Å². The van der Waals surface area contributed by atoms with Crippen molar-refractivity contribution in [1.82, 2.24) is 0 Å². The number of Topliss-reactive ketones (excluding diaryl/α,β-unsaturated/α-hetero) is 1. The maximum atomic E-state index is 13.1. The first-order valence-corrected chi connectivity index (χ1v) is 11.4. The van der Waals surface area contributed by atoms with Crippen LogP contribution in [0.15, 0.2) is 125 Å². The molecule has 0 heterocycles. The minimum atomic E-state index is -0.328.